The zero-order valence-corrected chi connectivity index (χ0v) is 7.49. The summed E-state index contributed by atoms with van der Waals surface area (Å²) < 4.78 is 0.893. The van der Waals surface area contributed by atoms with E-state index in [9.17, 15) is 0 Å². The molecule has 2 heteroatoms. The van der Waals surface area contributed by atoms with Crippen molar-refractivity contribution in [3.8, 4) is 0 Å². The molecule has 0 aromatic carbocycles. The van der Waals surface area contributed by atoms with Crippen molar-refractivity contribution >= 4 is 7.41 Å². The molecule has 12 heavy (non-hydrogen) atoms. The molecule has 1 heterocycles. The molecule has 1 aliphatic carbocycles. The Morgan fingerprint density at radius 1 is 1.00 bits per heavy atom. The smallest absolute Gasteiger partial charge is 0.362 e. The van der Waals surface area contributed by atoms with Crippen LogP contribution in [0.25, 0.3) is 0 Å². The van der Waals surface area contributed by atoms with Crippen molar-refractivity contribution in [1.82, 2.24) is 0 Å². The first kappa shape index (κ1) is 7.62. The van der Waals surface area contributed by atoms with E-state index in [1.54, 1.807) is 0 Å². The summed E-state index contributed by atoms with van der Waals surface area (Å²) in [6.07, 6.45) is 12.6. The maximum absolute atomic E-state index is 2.25. The van der Waals surface area contributed by atoms with Crippen LogP contribution in [0.5, 0.6) is 0 Å². The monoisotopic (exact) mass is 157 g/mol. The van der Waals surface area contributed by atoms with Crippen LogP contribution in [0.2, 0.25) is 0 Å². The van der Waals surface area contributed by atoms with Crippen LogP contribution in [-0.4, -0.2) is 25.9 Å². The Hall–Kier alpha value is -1.02. The Morgan fingerprint density at radius 2 is 1.67 bits per heavy atom. The van der Waals surface area contributed by atoms with Crippen LogP contribution in [0.3, 0.4) is 0 Å². The highest BCUT2D eigenvalue weighted by atomic mass is 15.3. The molecule has 0 unspecified atom stereocenters. The summed E-state index contributed by atoms with van der Waals surface area (Å²) in [5.41, 5.74) is 2.73. The average molecular weight is 157 g/mol. The SMILES string of the molecule is C[N+]1(C)[B]C2=C/C=C\C=C/C=C\21. The fourth-order valence-electron chi connectivity index (χ4n) is 1.60. The molecule has 1 aliphatic heterocycles. The third kappa shape index (κ3) is 1.08. The van der Waals surface area contributed by atoms with Crippen molar-refractivity contribution in [3.05, 3.63) is 47.6 Å². The van der Waals surface area contributed by atoms with Gasteiger partial charge in [0.15, 0.2) is 0 Å². The Bertz CT molecular complexity index is 319. The minimum atomic E-state index is 0.893. The van der Waals surface area contributed by atoms with Crippen LogP contribution in [0.1, 0.15) is 0 Å². The molecule has 0 N–H and O–H groups in total. The van der Waals surface area contributed by atoms with Crippen molar-refractivity contribution in [2.45, 2.75) is 0 Å². The zero-order valence-electron chi connectivity index (χ0n) is 7.49. The summed E-state index contributed by atoms with van der Waals surface area (Å²) in [6, 6.07) is 0. The first-order valence-corrected chi connectivity index (χ1v) is 4.16. The van der Waals surface area contributed by atoms with Gasteiger partial charge in [-0.3, -0.25) is 0 Å². The highest BCUT2D eigenvalue weighted by Crippen LogP contribution is 2.31. The number of fused-ring (bicyclic) bond motifs is 1. The van der Waals surface area contributed by atoms with E-state index in [4.69, 9.17) is 0 Å². The molecule has 1 fully saturated rings. The third-order valence-electron chi connectivity index (χ3n) is 2.24. The lowest BCUT2D eigenvalue weighted by atomic mass is 9.63. The minimum absolute atomic E-state index is 0.893. The quantitative estimate of drug-likeness (QED) is 0.468. The summed E-state index contributed by atoms with van der Waals surface area (Å²) in [6.45, 7) is 0. The van der Waals surface area contributed by atoms with Crippen LogP contribution < -0.4 is 0 Å². The van der Waals surface area contributed by atoms with Gasteiger partial charge in [-0.05, 0) is 6.08 Å². The van der Waals surface area contributed by atoms with Crippen LogP contribution in [-0.2, 0) is 0 Å². The van der Waals surface area contributed by atoms with Gasteiger partial charge in [-0.25, -0.2) is 0 Å². The first-order valence-electron chi connectivity index (χ1n) is 4.16. The lowest BCUT2D eigenvalue weighted by molar-refractivity contribution is -0.747. The molecule has 1 radical (unpaired) electrons. The van der Waals surface area contributed by atoms with Gasteiger partial charge in [-0.1, -0.05) is 30.4 Å². The lowest BCUT2D eigenvalue weighted by Crippen LogP contribution is -2.53. The van der Waals surface area contributed by atoms with Crippen molar-refractivity contribution in [2.75, 3.05) is 14.1 Å². The molecule has 0 saturated carbocycles. The molecule has 2 rings (SSSR count). The minimum Gasteiger partial charge on any atom is -0.362 e. The second-order valence-corrected chi connectivity index (χ2v) is 3.61. The molecule has 0 amide bonds. The molecule has 59 valence electrons. The first-order chi connectivity index (χ1) is 5.70. The molecule has 1 nitrogen and oxygen atoms in total. The number of likely N-dealkylation sites (N-methyl/N-ethyl adjacent to an activating group) is 1. The van der Waals surface area contributed by atoms with E-state index in [1.165, 1.54) is 11.2 Å². The van der Waals surface area contributed by atoms with E-state index in [2.05, 4.69) is 51.9 Å². The molecule has 1 saturated heterocycles. The molecule has 0 bridgehead atoms. The van der Waals surface area contributed by atoms with Crippen LogP contribution in [0.15, 0.2) is 47.6 Å². The Morgan fingerprint density at radius 3 is 2.33 bits per heavy atom. The number of allylic oxidation sites excluding steroid dienone is 7. The van der Waals surface area contributed by atoms with Gasteiger partial charge in [0, 0.05) is 5.47 Å². The van der Waals surface area contributed by atoms with Gasteiger partial charge in [-0.15, -0.1) is 0 Å². The van der Waals surface area contributed by atoms with Gasteiger partial charge in [0.2, 0.25) is 0 Å². The molecular formula is C10H12BN+. The summed E-state index contributed by atoms with van der Waals surface area (Å²) >= 11 is 0. The topological polar surface area (TPSA) is 0 Å². The van der Waals surface area contributed by atoms with Gasteiger partial charge < -0.3 is 4.39 Å². The molecule has 2 aliphatic rings. The normalized spacial score (nSPS) is 37.8. The summed E-state index contributed by atoms with van der Waals surface area (Å²) in [7, 11) is 6.61. The van der Waals surface area contributed by atoms with Gasteiger partial charge in [0.25, 0.3) is 0 Å². The van der Waals surface area contributed by atoms with Crippen molar-refractivity contribution in [3.63, 3.8) is 0 Å². The van der Waals surface area contributed by atoms with Gasteiger partial charge in [-0.2, -0.15) is 0 Å². The van der Waals surface area contributed by atoms with Gasteiger partial charge in [0.1, 0.15) is 5.70 Å². The van der Waals surface area contributed by atoms with Crippen molar-refractivity contribution in [1.29, 1.82) is 0 Å². The molecule has 0 atom stereocenters. The number of hydrogen-bond acceptors (Lipinski definition) is 0. The number of quaternary nitrogens is 1. The maximum atomic E-state index is 2.25. The average Bonchev–Trinajstić information content (AvgIpc) is 1.95. The van der Waals surface area contributed by atoms with E-state index in [-0.39, 0.29) is 0 Å². The third-order valence-corrected chi connectivity index (χ3v) is 2.24. The van der Waals surface area contributed by atoms with E-state index in [1.807, 2.05) is 6.08 Å². The highest BCUT2D eigenvalue weighted by Gasteiger charge is 2.42. The maximum Gasteiger partial charge on any atom is 0.497 e. The summed E-state index contributed by atoms with van der Waals surface area (Å²) in [4.78, 5) is 0. The van der Waals surface area contributed by atoms with Crippen LogP contribution in [0, 0.1) is 0 Å². The van der Waals surface area contributed by atoms with E-state index >= 15 is 0 Å². The van der Waals surface area contributed by atoms with Crippen molar-refractivity contribution < 1.29 is 4.39 Å². The Balaban J connectivity index is 2.36. The van der Waals surface area contributed by atoms with Gasteiger partial charge >= 0.3 is 7.41 Å². The molecular weight excluding hydrogens is 145 g/mol. The lowest BCUT2D eigenvalue weighted by Gasteiger charge is -2.41. The Kier molecular flexibility index (Phi) is 1.58. The van der Waals surface area contributed by atoms with E-state index in [0.717, 1.165) is 4.39 Å². The number of hydrogen-bond donors (Lipinski definition) is 0. The molecule has 0 aromatic heterocycles. The second-order valence-electron chi connectivity index (χ2n) is 3.61. The van der Waals surface area contributed by atoms with Crippen molar-refractivity contribution in [2.24, 2.45) is 0 Å². The second kappa shape index (κ2) is 2.49. The summed E-state index contributed by atoms with van der Waals surface area (Å²) in [5.74, 6) is 0. The standard InChI is InChI=1S/C10H12BN/c1-12(2)10-8-6-4-3-5-7-9(10)11-12/h3-8H,1-2H3/q+1/b4-3?,5-3-,6-4-,7-5?,8-6?,9-7+,10-8+. The van der Waals surface area contributed by atoms with Gasteiger partial charge in [0.05, 0.1) is 14.1 Å². The largest absolute Gasteiger partial charge is 0.497 e. The molecule has 0 aromatic rings. The number of nitrogens with zero attached hydrogens (tertiary/aromatic N) is 1. The van der Waals surface area contributed by atoms with E-state index < -0.39 is 0 Å². The fraction of sp³-hybridized carbons (Fsp3) is 0.200. The summed E-state index contributed by atoms with van der Waals surface area (Å²) in [5, 5.41) is 0. The Labute approximate surface area is 74.2 Å². The molecule has 0 spiro atoms. The highest BCUT2D eigenvalue weighted by molar-refractivity contribution is 6.44. The van der Waals surface area contributed by atoms with E-state index in [0.29, 0.717) is 0 Å². The predicted molar refractivity (Wildman–Crippen MR) is 52.3 cm³/mol. The fourth-order valence-corrected chi connectivity index (χ4v) is 1.60. The predicted octanol–water partition coefficient (Wildman–Crippen LogP) is 1.59. The van der Waals surface area contributed by atoms with Crippen LogP contribution in [0.4, 0.5) is 0 Å². The number of rotatable bonds is 0. The van der Waals surface area contributed by atoms with Crippen LogP contribution >= 0.6 is 0 Å². The zero-order chi connectivity index (χ0) is 8.60.